The number of nitrogens with one attached hydrogen (secondary N) is 2. The van der Waals surface area contributed by atoms with Crippen molar-refractivity contribution in [1.82, 2.24) is 15.5 Å². The SMILES string of the molecule is C=CCCC(NC(=O)[C@@H]1[C@@H]2[C@H](CN1C(=O)[C@@H](C)C(C)(C)C)C2(C)C)C(=O)C(=O)NCC(=O)S(=O)(=O)Cc1ccccc1. The zero-order valence-electron chi connectivity index (χ0n) is 25.3. The van der Waals surface area contributed by atoms with Crippen LogP contribution in [0, 0.1) is 28.6 Å². The number of hydrogen-bond acceptors (Lipinski definition) is 7. The van der Waals surface area contributed by atoms with Crippen LogP contribution in [-0.4, -0.2) is 67.1 Å². The molecular weight excluding hydrogens is 558 g/mol. The summed E-state index contributed by atoms with van der Waals surface area (Å²) in [5.41, 5.74) is -0.0433. The van der Waals surface area contributed by atoms with Gasteiger partial charge in [-0.2, -0.15) is 0 Å². The van der Waals surface area contributed by atoms with E-state index in [2.05, 4.69) is 17.2 Å². The molecule has 1 aromatic carbocycles. The van der Waals surface area contributed by atoms with Crippen LogP contribution in [0.5, 0.6) is 0 Å². The number of carbonyl (C=O) groups excluding carboxylic acids is 5. The van der Waals surface area contributed by atoms with E-state index in [1.807, 2.05) is 41.5 Å². The van der Waals surface area contributed by atoms with Crippen molar-refractivity contribution in [3.05, 3.63) is 48.6 Å². The summed E-state index contributed by atoms with van der Waals surface area (Å²) in [5, 5.41) is 3.56. The van der Waals surface area contributed by atoms with Crippen LogP contribution in [0.15, 0.2) is 43.0 Å². The van der Waals surface area contributed by atoms with E-state index in [1.54, 1.807) is 41.3 Å². The highest BCUT2D eigenvalue weighted by Gasteiger charge is 2.69. The average molecular weight is 602 g/mol. The maximum atomic E-state index is 13.7. The van der Waals surface area contributed by atoms with Crippen molar-refractivity contribution < 1.29 is 32.4 Å². The summed E-state index contributed by atoms with van der Waals surface area (Å²) in [5.74, 6) is -3.64. The lowest BCUT2D eigenvalue weighted by Gasteiger charge is -2.36. The Labute approximate surface area is 248 Å². The molecule has 0 radical (unpaired) electrons. The van der Waals surface area contributed by atoms with Crippen molar-refractivity contribution in [2.45, 2.75) is 72.2 Å². The molecule has 5 atom stereocenters. The minimum absolute atomic E-state index is 0.0678. The monoisotopic (exact) mass is 601 g/mol. The van der Waals surface area contributed by atoms with Crippen LogP contribution in [-0.2, 0) is 39.6 Å². The molecule has 11 heteroatoms. The molecule has 230 valence electrons. The normalized spacial score (nSPS) is 22.3. The molecule has 3 amide bonds. The van der Waals surface area contributed by atoms with E-state index in [0.717, 1.165) is 0 Å². The molecule has 10 nitrogen and oxygen atoms in total. The van der Waals surface area contributed by atoms with Crippen LogP contribution >= 0.6 is 0 Å². The molecule has 1 unspecified atom stereocenters. The van der Waals surface area contributed by atoms with Crippen LogP contribution in [0.2, 0.25) is 0 Å². The van der Waals surface area contributed by atoms with Gasteiger partial charge >= 0.3 is 0 Å². The first-order valence-electron chi connectivity index (χ1n) is 14.3. The third-order valence-electron chi connectivity index (χ3n) is 8.89. The van der Waals surface area contributed by atoms with E-state index in [1.165, 1.54) is 0 Å². The predicted molar refractivity (Wildman–Crippen MR) is 158 cm³/mol. The van der Waals surface area contributed by atoms with E-state index in [9.17, 15) is 32.4 Å². The van der Waals surface area contributed by atoms with Gasteiger partial charge in [0.05, 0.1) is 18.3 Å². The Morgan fingerprint density at radius 3 is 2.31 bits per heavy atom. The summed E-state index contributed by atoms with van der Waals surface area (Å²) in [4.78, 5) is 67.0. The standard InChI is InChI=1S/C31H43N3O7S/c1-8-9-15-22(26(36)28(38)32-16-23(35)42(40,41)18-20-13-11-10-12-14-20)33-27(37)25-24-21(31(24,6)7)17-34(25)29(39)19(2)30(3,4)5/h8,10-14,19,21-22,24-25H,1,9,15-18H2,2-7H3,(H,32,38)(H,33,37)/t19-,21+,22?,24+,25+/m1/s1. The second kappa shape index (κ2) is 12.5. The lowest BCUT2D eigenvalue weighted by Crippen LogP contribution is -2.56. The highest BCUT2D eigenvalue weighted by molar-refractivity contribution is 8.05. The van der Waals surface area contributed by atoms with Gasteiger partial charge in [0.25, 0.3) is 11.0 Å². The fourth-order valence-corrected chi connectivity index (χ4v) is 6.71. The topological polar surface area (TPSA) is 147 Å². The molecule has 1 saturated heterocycles. The number of likely N-dealkylation sites (tertiary alicyclic amines) is 1. The van der Waals surface area contributed by atoms with Gasteiger partial charge in [0.1, 0.15) is 6.04 Å². The number of rotatable bonds is 12. The zero-order chi connectivity index (χ0) is 31.6. The quantitative estimate of drug-likeness (QED) is 0.276. The second-order valence-corrected chi connectivity index (χ2v) is 15.0. The first-order chi connectivity index (χ1) is 19.4. The van der Waals surface area contributed by atoms with Gasteiger partial charge in [0.15, 0.2) is 0 Å². The molecule has 1 saturated carbocycles. The van der Waals surface area contributed by atoms with Crippen LogP contribution < -0.4 is 10.6 Å². The van der Waals surface area contributed by atoms with Crippen molar-refractivity contribution >= 4 is 38.5 Å². The van der Waals surface area contributed by atoms with Crippen molar-refractivity contribution in [3.8, 4) is 0 Å². The molecule has 1 aromatic rings. The maximum Gasteiger partial charge on any atom is 0.290 e. The molecule has 1 aliphatic heterocycles. The molecule has 0 bridgehead atoms. The minimum Gasteiger partial charge on any atom is -0.344 e. The third kappa shape index (κ3) is 7.17. The summed E-state index contributed by atoms with van der Waals surface area (Å²) in [7, 11) is -4.23. The van der Waals surface area contributed by atoms with Crippen molar-refractivity contribution in [3.63, 3.8) is 0 Å². The Balaban J connectivity index is 1.70. The van der Waals surface area contributed by atoms with Crippen LogP contribution in [0.25, 0.3) is 0 Å². The highest BCUT2D eigenvalue weighted by Crippen LogP contribution is 2.65. The number of sulfone groups is 1. The lowest BCUT2D eigenvalue weighted by atomic mass is 9.81. The molecule has 1 heterocycles. The van der Waals surface area contributed by atoms with Gasteiger partial charge in [-0.15, -0.1) is 6.58 Å². The van der Waals surface area contributed by atoms with E-state index >= 15 is 0 Å². The summed E-state index contributed by atoms with van der Waals surface area (Å²) in [6.45, 7) is 15.0. The minimum atomic E-state index is -4.23. The van der Waals surface area contributed by atoms with E-state index < -0.39 is 56.9 Å². The van der Waals surface area contributed by atoms with Gasteiger partial charge in [0.2, 0.25) is 27.4 Å². The van der Waals surface area contributed by atoms with Crippen molar-refractivity contribution in [2.24, 2.45) is 28.6 Å². The number of ketones is 1. The van der Waals surface area contributed by atoms with E-state index in [4.69, 9.17) is 0 Å². The molecule has 42 heavy (non-hydrogen) atoms. The summed E-state index contributed by atoms with van der Waals surface area (Å²) >= 11 is 0. The fraction of sp³-hybridized carbons (Fsp3) is 0.581. The summed E-state index contributed by atoms with van der Waals surface area (Å²) in [6.07, 6.45) is 1.92. The van der Waals surface area contributed by atoms with E-state index in [-0.39, 0.29) is 40.9 Å². The maximum absolute atomic E-state index is 13.7. The van der Waals surface area contributed by atoms with Crippen LogP contribution in [0.3, 0.4) is 0 Å². The Morgan fingerprint density at radius 1 is 1.12 bits per heavy atom. The Bertz CT molecular complexity index is 1350. The van der Waals surface area contributed by atoms with Gasteiger partial charge in [-0.25, -0.2) is 8.42 Å². The fourth-order valence-electron chi connectivity index (χ4n) is 5.62. The smallest absolute Gasteiger partial charge is 0.290 e. The van der Waals surface area contributed by atoms with Gasteiger partial charge in [0, 0.05) is 12.5 Å². The summed E-state index contributed by atoms with van der Waals surface area (Å²) in [6, 6.07) is 6.09. The number of amides is 3. The molecule has 2 aliphatic rings. The molecule has 2 fully saturated rings. The number of allylic oxidation sites excluding steroid dienone is 1. The van der Waals surface area contributed by atoms with Crippen molar-refractivity contribution in [2.75, 3.05) is 13.1 Å². The number of nitrogens with zero attached hydrogens (tertiary/aromatic N) is 1. The third-order valence-corrected chi connectivity index (χ3v) is 10.4. The van der Waals surface area contributed by atoms with Gasteiger partial charge < -0.3 is 15.5 Å². The largest absolute Gasteiger partial charge is 0.344 e. The zero-order valence-corrected chi connectivity index (χ0v) is 26.1. The Hall–Kier alpha value is -3.34. The van der Waals surface area contributed by atoms with Gasteiger partial charge in [-0.1, -0.05) is 78.0 Å². The molecule has 2 N–H and O–H groups in total. The number of piperidine rings is 1. The second-order valence-electron chi connectivity index (χ2n) is 13.1. The molecule has 0 aromatic heterocycles. The predicted octanol–water partition coefficient (Wildman–Crippen LogP) is 2.43. The van der Waals surface area contributed by atoms with Gasteiger partial charge in [-0.05, 0) is 41.1 Å². The Kier molecular flexibility index (Phi) is 9.86. The van der Waals surface area contributed by atoms with E-state index in [0.29, 0.717) is 18.5 Å². The molecule has 1 aliphatic carbocycles. The number of carbonyl (C=O) groups is 5. The van der Waals surface area contributed by atoms with Crippen LogP contribution in [0.1, 0.15) is 59.9 Å². The van der Waals surface area contributed by atoms with Crippen LogP contribution in [0.4, 0.5) is 0 Å². The Morgan fingerprint density at radius 2 is 1.74 bits per heavy atom. The highest BCUT2D eigenvalue weighted by atomic mass is 32.2. The number of Topliss-reactive ketones (excluding diaryl/α,β-unsaturated/α-hetero) is 1. The number of benzene rings is 1. The van der Waals surface area contributed by atoms with Crippen molar-refractivity contribution in [1.29, 1.82) is 0 Å². The average Bonchev–Trinajstić information content (AvgIpc) is 3.24. The lowest BCUT2D eigenvalue weighted by molar-refractivity contribution is -0.146. The van der Waals surface area contributed by atoms with Gasteiger partial charge in [-0.3, -0.25) is 24.0 Å². The molecular formula is C31H43N3O7S. The first-order valence-corrected chi connectivity index (χ1v) is 15.9. The number of fused-ring (bicyclic) bond motifs is 1. The number of hydrogen-bond donors (Lipinski definition) is 2. The first kappa shape index (κ1) is 33.2. The molecule has 0 spiro atoms. The molecule has 3 rings (SSSR count). The summed E-state index contributed by atoms with van der Waals surface area (Å²) < 4.78 is 24.9.